The second-order valence-electron chi connectivity index (χ2n) is 7.31. The van der Waals surface area contributed by atoms with E-state index in [1.54, 1.807) is 11.1 Å². The van der Waals surface area contributed by atoms with E-state index < -0.39 is 0 Å². The fourth-order valence-corrected chi connectivity index (χ4v) is 4.79. The number of hydrogen-bond acceptors (Lipinski definition) is 2. The third-order valence-electron chi connectivity index (χ3n) is 6.06. The number of benzene rings is 1. The van der Waals surface area contributed by atoms with Gasteiger partial charge in [-0.2, -0.15) is 0 Å². The largest absolute Gasteiger partial charge is 0.316 e. The summed E-state index contributed by atoms with van der Waals surface area (Å²) in [5.74, 6) is 3.00. The highest BCUT2D eigenvalue weighted by Crippen LogP contribution is 2.49. The second-order valence-corrected chi connectivity index (χ2v) is 7.31. The molecule has 0 spiro atoms. The summed E-state index contributed by atoms with van der Waals surface area (Å²) in [5, 5.41) is 3.53. The molecular weight excluding hydrogens is 256 g/mol. The van der Waals surface area contributed by atoms with E-state index in [0.29, 0.717) is 0 Å². The molecule has 0 radical (unpaired) electrons. The number of piperidine rings is 1. The first-order valence-electron chi connectivity index (χ1n) is 8.88. The van der Waals surface area contributed by atoms with Gasteiger partial charge in [0.15, 0.2) is 0 Å². The van der Waals surface area contributed by atoms with Crippen molar-refractivity contribution in [1.82, 2.24) is 10.2 Å². The highest BCUT2D eigenvalue weighted by Gasteiger charge is 2.53. The lowest BCUT2D eigenvalue weighted by Crippen LogP contribution is -2.42. The summed E-state index contributed by atoms with van der Waals surface area (Å²) in [5.41, 5.74) is 3.20. The zero-order chi connectivity index (χ0) is 14.2. The zero-order valence-electron chi connectivity index (χ0n) is 13.2. The van der Waals surface area contributed by atoms with Gasteiger partial charge in [-0.05, 0) is 74.2 Å². The summed E-state index contributed by atoms with van der Waals surface area (Å²) < 4.78 is 0. The molecule has 1 saturated heterocycles. The maximum absolute atomic E-state index is 3.53. The van der Waals surface area contributed by atoms with Crippen LogP contribution in [0.5, 0.6) is 0 Å². The topological polar surface area (TPSA) is 15.3 Å². The number of nitrogens with zero attached hydrogens (tertiary/aromatic N) is 1. The molecule has 4 atom stereocenters. The highest BCUT2D eigenvalue weighted by molar-refractivity contribution is 5.30. The van der Waals surface area contributed by atoms with Crippen molar-refractivity contribution in [3.8, 4) is 0 Å². The van der Waals surface area contributed by atoms with Crippen LogP contribution in [-0.4, -0.2) is 37.1 Å². The van der Waals surface area contributed by atoms with Gasteiger partial charge in [0.05, 0.1) is 0 Å². The van der Waals surface area contributed by atoms with Gasteiger partial charge in [-0.3, -0.25) is 4.90 Å². The number of hydrogen-bond donors (Lipinski definition) is 1. The Morgan fingerprint density at radius 1 is 1.14 bits per heavy atom. The van der Waals surface area contributed by atoms with Gasteiger partial charge in [0, 0.05) is 12.6 Å². The monoisotopic (exact) mass is 284 g/mol. The molecule has 4 rings (SSSR count). The fraction of sp³-hybridized carbons (Fsp3) is 0.684. The average Bonchev–Trinajstić information content (AvgIpc) is 2.95. The molecule has 0 bridgehead atoms. The van der Waals surface area contributed by atoms with E-state index in [2.05, 4.69) is 41.4 Å². The molecule has 2 fully saturated rings. The predicted octanol–water partition coefficient (Wildman–Crippen LogP) is 2.72. The predicted molar refractivity (Wildman–Crippen MR) is 87.5 cm³/mol. The van der Waals surface area contributed by atoms with Gasteiger partial charge in [0.1, 0.15) is 0 Å². The van der Waals surface area contributed by atoms with Crippen molar-refractivity contribution in [3.05, 3.63) is 35.4 Å². The molecule has 0 aromatic heterocycles. The van der Waals surface area contributed by atoms with Crippen molar-refractivity contribution in [2.45, 2.75) is 38.6 Å². The first-order valence-corrected chi connectivity index (χ1v) is 8.88. The van der Waals surface area contributed by atoms with Crippen molar-refractivity contribution >= 4 is 0 Å². The summed E-state index contributed by atoms with van der Waals surface area (Å²) >= 11 is 0. The van der Waals surface area contributed by atoms with Gasteiger partial charge in [0.2, 0.25) is 0 Å². The summed E-state index contributed by atoms with van der Waals surface area (Å²) in [7, 11) is 0. The molecule has 1 unspecified atom stereocenters. The third kappa shape index (κ3) is 2.64. The van der Waals surface area contributed by atoms with Gasteiger partial charge in [-0.25, -0.2) is 0 Å². The molecule has 1 N–H and O–H groups in total. The van der Waals surface area contributed by atoms with E-state index in [0.717, 1.165) is 23.8 Å². The van der Waals surface area contributed by atoms with Crippen LogP contribution in [0.4, 0.5) is 0 Å². The number of rotatable bonds is 5. The van der Waals surface area contributed by atoms with Gasteiger partial charge < -0.3 is 5.32 Å². The van der Waals surface area contributed by atoms with Crippen molar-refractivity contribution in [2.75, 3.05) is 26.2 Å². The molecule has 2 aliphatic carbocycles. The van der Waals surface area contributed by atoms with E-state index in [9.17, 15) is 0 Å². The Hall–Kier alpha value is -0.860. The lowest BCUT2D eigenvalue weighted by molar-refractivity contribution is 0.166. The molecule has 1 aromatic carbocycles. The van der Waals surface area contributed by atoms with Crippen molar-refractivity contribution < 1.29 is 0 Å². The molecule has 1 heterocycles. The van der Waals surface area contributed by atoms with E-state index in [1.807, 2.05) is 0 Å². The Bertz CT molecular complexity index is 488. The van der Waals surface area contributed by atoms with Crippen LogP contribution in [0.3, 0.4) is 0 Å². The van der Waals surface area contributed by atoms with Crippen LogP contribution in [0.1, 0.15) is 30.9 Å². The van der Waals surface area contributed by atoms with Crippen LogP contribution in [0.15, 0.2) is 24.3 Å². The quantitative estimate of drug-likeness (QED) is 0.894. The van der Waals surface area contributed by atoms with Crippen molar-refractivity contribution in [2.24, 2.45) is 17.8 Å². The summed E-state index contributed by atoms with van der Waals surface area (Å²) in [4.78, 5) is 2.83. The average molecular weight is 284 g/mol. The lowest BCUT2D eigenvalue weighted by Gasteiger charge is -2.35. The smallest absolute Gasteiger partial charge is 0.0139 e. The van der Waals surface area contributed by atoms with E-state index in [-0.39, 0.29) is 0 Å². The van der Waals surface area contributed by atoms with Crippen LogP contribution < -0.4 is 5.32 Å². The van der Waals surface area contributed by atoms with E-state index in [1.165, 1.54) is 51.9 Å². The molecule has 0 amide bonds. The Morgan fingerprint density at radius 3 is 2.67 bits per heavy atom. The minimum Gasteiger partial charge on any atom is -0.316 e. The Labute approximate surface area is 128 Å². The van der Waals surface area contributed by atoms with Crippen LogP contribution in [0.2, 0.25) is 0 Å². The number of nitrogens with one attached hydrogen (secondary N) is 1. The normalized spacial score (nSPS) is 33.8. The van der Waals surface area contributed by atoms with Crippen LogP contribution in [0.25, 0.3) is 0 Å². The molecule has 3 aliphatic rings. The first kappa shape index (κ1) is 13.8. The molecule has 1 aromatic rings. The third-order valence-corrected chi connectivity index (χ3v) is 6.06. The Kier molecular flexibility index (Phi) is 3.76. The Morgan fingerprint density at radius 2 is 1.90 bits per heavy atom. The maximum atomic E-state index is 3.53. The van der Waals surface area contributed by atoms with Gasteiger partial charge in [0.25, 0.3) is 0 Å². The molecule has 2 heteroatoms. The minimum atomic E-state index is 0.786. The number of fused-ring (bicyclic) bond motifs is 2. The summed E-state index contributed by atoms with van der Waals surface area (Å²) in [6, 6.07) is 9.87. The van der Waals surface area contributed by atoms with Crippen molar-refractivity contribution in [3.63, 3.8) is 0 Å². The lowest BCUT2D eigenvalue weighted by atomic mass is 9.87. The molecular formula is C19H28N2. The Balaban J connectivity index is 1.42. The molecule has 114 valence electrons. The second kappa shape index (κ2) is 5.73. The molecule has 2 nitrogen and oxygen atoms in total. The molecule has 21 heavy (non-hydrogen) atoms. The van der Waals surface area contributed by atoms with Crippen molar-refractivity contribution in [1.29, 1.82) is 0 Å². The molecule has 1 aliphatic heterocycles. The van der Waals surface area contributed by atoms with E-state index >= 15 is 0 Å². The minimum absolute atomic E-state index is 0.786. The highest BCUT2D eigenvalue weighted by atomic mass is 15.2. The van der Waals surface area contributed by atoms with Gasteiger partial charge >= 0.3 is 0 Å². The van der Waals surface area contributed by atoms with E-state index in [4.69, 9.17) is 0 Å². The number of aryl methyl sites for hydroxylation is 1. The van der Waals surface area contributed by atoms with Gasteiger partial charge in [-0.1, -0.05) is 31.2 Å². The van der Waals surface area contributed by atoms with Gasteiger partial charge in [-0.15, -0.1) is 0 Å². The molecule has 1 saturated carbocycles. The first-order chi connectivity index (χ1) is 10.4. The maximum Gasteiger partial charge on any atom is 0.0139 e. The fourth-order valence-electron chi connectivity index (χ4n) is 4.79. The van der Waals surface area contributed by atoms with Crippen LogP contribution >= 0.6 is 0 Å². The standard InChI is InChI=1S/C19H28N2/c1-2-9-21(13-19-17-11-20-12-18(17)19)16-8-7-14-5-3-4-6-15(14)10-16/h3-6,16-20H,2,7-13H2,1H3/t16?,17-,18+,19+. The summed E-state index contributed by atoms with van der Waals surface area (Å²) in [6.45, 7) is 7.54. The zero-order valence-corrected chi connectivity index (χ0v) is 13.2. The van der Waals surface area contributed by atoms with Crippen LogP contribution in [0, 0.1) is 17.8 Å². The summed E-state index contributed by atoms with van der Waals surface area (Å²) in [6.07, 6.45) is 5.20. The SMILES string of the molecule is CCCN(C[C@H]1[C@@H]2CNC[C@@H]21)C1CCc2ccccc2C1. The van der Waals surface area contributed by atoms with Crippen LogP contribution in [-0.2, 0) is 12.8 Å².